The van der Waals surface area contributed by atoms with Crippen LogP contribution in [0.25, 0.3) is 10.3 Å². The fourth-order valence-corrected chi connectivity index (χ4v) is 3.71. The standard InChI is InChI=1S/C17H21N5OS2/c1-10(2)15(23)19-13-12-14(20-16(18-3)25-12)22-17(21-13)24-9-11-7-5-4-6-8-11/h4-8,10,15,23H,9H2,1-3H3,(H2,18,19,20,21,22). The van der Waals surface area contributed by atoms with E-state index in [1.54, 1.807) is 11.8 Å². The van der Waals surface area contributed by atoms with Gasteiger partial charge in [-0.15, -0.1) is 0 Å². The monoisotopic (exact) mass is 375 g/mol. The van der Waals surface area contributed by atoms with Crippen molar-refractivity contribution < 1.29 is 5.11 Å². The van der Waals surface area contributed by atoms with E-state index in [0.717, 1.165) is 15.6 Å². The van der Waals surface area contributed by atoms with E-state index in [4.69, 9.17) is 0 Å². The van der Waals surface area contributed by atoms with Crippen LogP contribution in [0.15, 0.2) is 35.5 Å². The van der Waals surface area contributed by atoms with Crippen molar-refractivity contribution >= 4 is 44.4 Å². The molecule has 1 atom stereocenters. The van der Waals surface area contributed by atoms with Crippen LogP contribution >= 0.6 is 23.1 Å². The molecule has 3 aromatic rings. The van der Waals surface area contributed by atoms with E-state index in [-0.39, 0.29) is 5.92 Å². The predicted octanol–water partition coefficient (Wildman–Crippen LogP) is 3.81. The van der Waals surface area contributed by atoms with Crippen molar-refractivity contribution in [3.8, 4) is 0 Å². The van der Waals surface area contributed by atoms with Gasteiger partial charge in [0.05, 0.1) is 0 Å². The zero-order chi connectivity index (χ0) is 17.8. The number of nitrogens with zero attached hydrogens (tertiary/aromatic N) is 3. The largest absolute Gasteiger partial charge is 0.374 e. The average Bonchev–Trinajstić information content (AvgIpc) is 3.04. The maximum absolute atomic E-state index is 10.2. The molecule has 1 unspecified atom stereocenters. The van der Waals surface area contributed by atoms with Crippen LogP contribution in [0.1, 0.15) is 19.4 Å². The summed E-state index contributed by atoms with van der Waals surface area (Å²) in [5, 5.41) is 17.7. The molecule has 0 amide bonds. The van der Waals surface area contributed by atoms with Gasteiger partial charge in [0.15, 0.2) is 21.8 Å². The van der Waals surface area contributed by atoms with Gasteiger partial charge in [-0.05, 0) is 11.5 Å². The van der Waals surface area contributed by atoms with Crippen molar-refractivity contribution in [1.82, 2.24) is 15.0 Å². The van der Waals surface area contributed by atoms with Crippen molar-refractivity contribution in [1.29, 1.82) is 0 Å². The van der Waals surface area contributed by atoms with Crippen LogP contribution < -0.4 is 10.6 Å². The van der Waals surface area contributed by atoms with Gasteiger partial charge in [0.2, 0.25) is 0 Å². The average molecular weight is 376 g/mol. The third kappa shape index (κ3) is 4.39. The van der Waals surface area contributed by atoms with Crippen LogP contribution in [0.4, 0.5) is 10.9 Å². The molecule has 0 saturated carbocycles. The molecule has 0 aliphatic rings. The van der Waals surface area contributed by atoms with Crippen LogP contribution in [-0.4, -0.2) is 33.3 Å². The van der Waals surface area contributed by atoms with Gasteiger partial charge >= 0.3 is 0 Å². The van der Waals surface area contributed by atoms with Gasteiger partial charge in [-0.1, -0.05) is 67.3 Å². The van der Waals surface area contributed by atoms with Crippen molar-refractivity contribution in [2.45, 2.75) is 31.0 Å². The summed E-state index contributed by atoms with van der Waals surface area (Å²) in [7, 11) is 1.83. The van der Waals surface area contributed by atoms with E-state index in [9.17, 15) is 5.11 Å². The molecule has 132 valence electrons. The molecule has 25 heavy (non-hydrogen) atoms. The first-order valence-corrected chi connectivity index (χ1v) is 9.84. The van der Waals surface area contributed by atoms with Gasteiger partial charge in [-0.2, -0.15) is 4.98 Å². The number of aliphatic hydroxyl groups excluding tert-OH is 1. The number of nitrogens with one attached hydrogen (secondary N) is 2. The number of thiazole rings is 1. The molecule has 0 fully saturated rings. The van der Waals surface area contributed by atoms with E-state index in [1.165, 1.54) is 16.9 Å². The molecule has 0 saturated heterocycles. The van der Waals surface area contributed by atoms with Crippen molar-refractivity contribution in [3.63, 3.8) is 0 Å². The molecule has 0 aliphatic carbocycles. The first-order valence-electron chi connectivity index (χ1n) is 8.04. The third-order valence-electron chi connectivity index (χ3n) is 3.57. The summed E-state index contributed by atoms with van der Waals surface area (Å²) in [5.41, 5.74) is 1.85. The van der Waals surface area contributed by atoms with E-state index >= 15 is 0 Å². The van der Waals surface area contributed by atoms with E-state index < -0.39 is 6.23 Å². The molecule has 1 aromatic carbocycles. The summed E-state index contributed by atoms with van der Waals surface area (Å²) < 4.78 is 0.841. The molecule has 0 bridgehead atoms. The minimum atomic E-state index is -0.676. The quantitative estimate of drug-likeness (QED) is 0.329. The molecule has 2 heterocycles. The number of thioether (sulfide) groups is 1. The maximum Gasteiger partial charge on any atom is 0.191 e. The van der Waals surface area contributed by atoms with Gasteiger partial charge < -0.3 is 15.7 Å². The SMILES string of the molecule is CNc1nc2nc(SCc3ccccc3)nc(NC(O)C(C)C)c2s1. The second kappa shape index (κ2) is 7.99. The van der Waals surface area contributed by atoms with E-state index in [0.29, 0.717) is 16.6 Å². The zero-order valence-corrected chi connectivity index (χ0v) is 16.0. The highest BCUT2D eigenvalue weighted by atomic mass is 32.2. The summed E-state index contributed by atoms with van der Waals surface area (Å²) in [6.07, 6.45) is -0.676. The van der Waals surface area contributed by atoms with Crippen molar-refractivity contribution in [2.24, 2.45) is 5.92 Å². The Kier molecular flexibility index (Phi) is 5.72. The lowest BCUT2D eigenvalue weighted by Gasteiger charge is -2.17. The molecule has 6 nitrogen and oxygen atoms in total. The van der Waals surface area contributed by atoms with Crippen LogP contribution in [-0.2, 0) is 5.75 Å². The van der Waals surface area contributed by atoms with Gasteiger partial charge in [-0.25, -0.2) is 9.97 Å². The predicted molar refractivity (Wildman–Crippen MR) is 105 cm³/mol. The van der Waals surface area contributed by atoms with E-state index in [1.807, 2.05) is 39.1 Å². The van der Waals surface area contributed by atoms with Gasteiger partial charge in [0.1, 0.15) is 10.9 Å². The second-order valence-corrected chi connectivity index (χ2v) is 7.83. The Hall–Kier alpha value is -1.90. The van der Waals surface area contributed by atoms with Crippen LogP contribution in [0.5, 0.6) is 0 Å². The number of hydrogen-bond donors (Lipinski definition) is 3. The summed E-state index contributed by atoms with van der Waals surface area (Å²) in [5.74, 6) is 1.48. The Morgan fingerprint density at radius 1 is 1.16 bits per heavy atom. The zero-order valence-electron chi connectivity index (χ0n) is 14.4. The van der Waals surface area contributed by atoms with E-state index in [2.05, 4.69) is 37.7 Å². The molecule has 0 aliphatic heterocycles. The molecular formula is C17H21N5OS2. The number of fused-ring (bicyclic) bond motifs is 1. The Morgan fingerprint density at radius 3 is 2.60 bits per heavy atom. The number of anilines is 2. The van der Waals surface area contributed by atoms with Crippen molar-refractivity contribution in [2.75, 3.05) is 17.7 Å². The fourth-order valence-electron chi connectivity index (χ4n) is 2.10. The summed E-state index contributed by atoms with van der Waals surface area (Å²) in [6.45, 7) is 3.90. The highest BCUT2D eigenvalue weighted by molar-refractivity contribution is 7.98. The number of aromatic nitrogens is 3. The topological polar surface area (TPSA) is 83.0 Å². The molecule has 3 rings (SSSR count). The van der Waals surface area contributed by atoms with Gasteiger partial charge in [0.25, 0.3) is 0 Å². The molecular weight excluding hydrogens is 354 g/mol. The lowest BCUT2D eigenvalue weighted by Crippen LogP contribution is -2.25. The molecule has 2 aromatic heterocycles. The van der Waals surface area contributed by atoms with Crippen LogP contribution in [0.3, 0.4) is 0 Å². The first-order chi connectivity index (χ1) is 12.1. The molecule has 3 N–H and O–H groups in total. The Balaban J connectivity index is 1.90. The highest BCUT2D eigenvalue weighted by Gasteiger charge is 2.17. The number of hydrogen-bond acceptors (Lipinski definition) is 8. The lowest BCUT2D eigenvalue weighted by atomic mass is 10.2. The molecule has 0 radical (unpaired) electrons. The minimum Gasteiger partial charge on any atom is -0.374 e. The smallest absolute Gasteiger partial charge is 0.191 e. The Bertz CT molecular complexity index is 838. The maximum atomic E-state index is 10.2. The Labute approximate surface area is 155 Å². The number of aliphatic hydroxyl groups is 1. The number of rotatable bonds is 7. The Morgan fingerprint density at radius 2 is 1.92 bits per heavy atom. The lowest BCUT2D eigenvalue weighted by molar-refractivity contribution is 0.152. The van der Waals surface area contributed by atoms with Gasteiger partial charge in [0, 0.05) is 12.8 Å². The third-order valence-corrected chi connectivity index (χ3v) is 5.56. The normalized spacial score (nSPS) is 12.5. The second-order valence-electron chi connectivity index (χ2n) is 5.88. The van der Waals surface area contributed by atoms with Crippen LogP contribution in [0, 0.1) is 5.92 Å². The molecule has 0 spiro atoms. The minimum absolute atomic E-state index is 0.0714. The summed E-state index contributed by atoms with van der Waals surface area (Å²) in [4.78, 5) is 13.7. The van der Waals surface area contributed by atoms with Gasteiger partial charge in [-0.3, -0.25) is 0 Å². The number of benzene rings is 1. The summed E-state index contributed by atoms with van der Waals surface area (Å²) >= 11 is 3.03. The highest BCUT2D eigenvalue weighted by Crippen LogP contribution is 2.33. The van der Waals surface area contributed by atoms with Crippen LogP contribution in [0.2, 0.25) is 0 Å². The molecule has 8 heteroatoms. The van der Waals surface area contributed by atoms with Crippen molar-refractivity contribution in [3.05, 3.63) is 35.9 Å². The first kappa shape index (κ1) is 17.9. The summed E-state index contributed by atoms with van der Waals surface area (Å²) in [6, 6.07) is 10.2. The fraction of sp³-hybridized carbons (Fsp3) is 0.353.